The summed E-state index contributed by atoms with van der Waals surface area (Å²) < 4.78 is 14.2. The number of carboxylic acid groups (broad SMARTS) is 1. The molecule has 0 fully saturated rings. The number of carbonyl (C=O) groups excluding carboxylic acids is 1. The highest BCUT2D eigenvalue weighted by Crippen LogP contribution is 2.29. The zero-order valence-electron chi connectivity index (χ0n) is 17.7. The Bertz CT molecular complexity index is 1260. The normalized spacial score (nSPS) is 12.8. The summed E-state index contributed by atoms with van der Waals surface area (Å²) in [6, 6.07) is 14.6. The Labute approximate surface area is 203 Å². The number of aromatic amines is 1. The number of benzene rings is 2. The van der Waals surface area contributed by atoms with Crippen LogP contribution in [-0.4, -0.2) is 38.4 Å². The molecule has 0 radical (unpaired) electrons. The van der Waals surface area contributed by atoms with Gasteiger partial charge in [-0.15, -0.1) is 16.4 Å². The van der Waals surface area contributed by atoms with Crippen molar-refractivity contribution in [2.24, 2.45) is 0 Å². The molecule has 0 saturated heterocycles. The van der Waals surface area contributed by atoms with E-state index in [1.54, 1.807) is 30.3 Å². The van der Waals surface area contributed by atoms with E-state index >= 15 is 0 Å². The van der Waals surface area contributed by atoms with Crippen LogP contribution in [0.3, 0.4) is 0 Å². The number of carbonyl (C=O) groups is 2. The number of carboxylic acids is 1. The highest BCUT2D eigenvalue weighted by Gasteiger charge is 2.27. The van der Waals surface area contributed by atoms with Crippen LogP contribution in [0.2, 0.25) is 5.02 Å². The Hall–Kier alpha value is -3.56. The number of H-pyrrole nitrogens is 1. The Balaban J connectivity index is 1.56. The standard InChI is InChI=1S/C24H20ClFN4O3S/c25-16-7-8-20(26)18(11-16)15-5-3-14(4-6-15)10-17(28-23(31)21-13-27-30-29-21)12-19(24(32)33)22-2-1-9-34-22/h1-9,11,13,17,19H,10,12H2,(H,28,31)(H,32,33)(H,27,29,30)/t17?,19-/m1/s1. The summed E-state index contributed by atoms with van der Waals surface area (Å²) in [5, 5.41) is 24.6. The molecule has 4 rings (SSSR count). The van der Waals surface area contributed by atoms with Gasteiger partial charge in [-0.3, -0.25) is 14.7 Å². The zero-order valence-corrected chi connectivity index (χ0v) is 19.3. The van der Waals surface area contributed by atoms with Gasteiger partial charge in [0.05, 0.1) is 12.1 Å². The van der Waals surface area contributed by atoms with E-state index in [0.29, 0.717) is 27.4 Å². The number of hydrogen-bond donors (Lipinski definition) is 3. The summed E-state index contributed by atoms with van der Waals surface area (Å²) in [6.45, 7) is 0. The second-order valence-electron chi connectivity index (χ2n) is 7.71. The monoisotopic (exact) mass is 498 g/mol. The van der Waals surface area contributed by atoms with Crippen molar-refractivity contribution in [2.75, 3.05) is 0 Å². The number of thiophene rings is 1. The second-order valence-corrected chi connectivity index (χ2v) is 9.12. The number of rotatable bonds is 9. The molecule has 1 unspecified atom stereocenters. The molecular formula is C24H20ClFN4O3S. The van der Waals surface area contributed by atoms with Crippen LogP contribution in [0.4, 0.5) is 4.39 Å². The van der Waals surface area contributed by atoms with Crippen LogP contribution >= 0.6 is 22.9 Å². The van der Waals surface area contributed by atoms with Gasteiger partial charge in [0.1, 0.15) is 11.5 Å². The van der Waals surface area contributed by atoms with Crippen LogP contribution in [0, 0.1) is 5.82 Å². The smallest absolute Gasteiger partial charge is 0.311 e. The Morgan fingerprint density at radius 1 is 1.18 bits per heavy atom. The maximum Gasteiger partial charge on any atom is 0.311 e. The van der Waals surface area contributed by atoms with Gasteiger partial charge in [0.25, 0.3) is 5.91 Å². The van der Waals surface area contributed by atoms with E-state index in [1.165, 1.54) is 29.7 Å². The van der Waals surface area contributed by atoms with Crippen molar-refractivity contribution in [1.82, 2.24) is 20.7 Å². The minimum atomic E-state index is -0.961. The highest BCUT2D eigenvalue weighted by molar-refractivity contribution is 7.10. The summed E-state index contributed by atoms with van der Waals surface area (Å²) in [5.74, 6) is -2.54. The number of hydrogen-bond acceptors (Lipinski definition) is 5. The molecule has 0 aliphatic heterocycles. The molecule has 4 aromatic rings. The number of aliphatic carboxylic acids is 1. The second kappa shape index (κ2) is 10.6. The average molecular weight is 499 g/mol. The van der Waals surface area contributed by atoms with E-state index in [2.05, 4.69) is 20.7 Å². The molecule has 3 N–H and O–H groups in total. The first-order valence-corrected chi connectivity index (χ1v) is 11.6. The molecule has 2 atom stereocenters. The SMILES string of the molecule is O=C(NC(Cc1ccc(-c2cc(Cl)ccc2F)cc1)C[C@@H](C(=O)O)c1cccs1)c1cnn[nH]1. The van der Waals surface area contributed by atoms with E-state index in [4.69, 9.17) is 11.6 Å². The maximum absolute atomic E-state index is 14.2. The number of halogens is 2. The molecule has 7 nitrogen and oxygen atoms in total. The van der Waals surface area contributed by atoms with Crippen LogP contribution < -0.4 is 5.32 Å². The van der Waals surface area contributed by atoms with E-state index < -0.39 is 23.8 Å². The lowest BCUT2D eigenvalue weighted by molar-refractivity contribution is -0.139. The third-order valence-corrected chi connectivity index (χ3v) is 6.60. The molecule has 2 heterocycles. The van der Waals surface area contributed by atoms with Crippen molar-refractivity contribution in [1.29, 1.82) is 0 Å². The van der Waals surface area contributed by atoms with Crippen molar-refractivity contribution in [3.8, 4) is 11.1 Å². The molecule has 0 aliphatic rings. The first-order chi connectivity index (χ1) is 16.4. The van der Waals surface area contributed by atoms with Crippen LogP contribution in [0.5, 0.6) is 0 Å². The lowest BCUT2D eigenvalue weighted by Gasteiger charge is -2.22. The first-order valence-electron chi connectivity index (χ1n) is 10.4. The first kappa shape index (κ1) is 23.6. The average Bonchev–Trinajstić information content (AvgIpc) is 3.54. The van der Waals surface area contributed by atoms with Gasteiger partial charge >= 0.3 is 5.97 Å². The summed E-state index contributed by atoms with van der Waals surface area (Å²) >= 11 is 7.37. The summed E-state index contributed by atoms with van der Waals surface area (Å²) in [4.78, 5) is 25.3. The van der Waals surface area contributed by atoms with Gasteiger partial charge in [-0.2, -0.15) is 0 Å². The third-order valence-electron chi connectivity index (χ3n) is 5.38. The molecule has 0 saturated carbocycles. The number of nitrogens with one attached hydrogen (secondary N) is 2. The van der Waals surface area contributed by atoms with Crippen LogP contribution in [0.25, 0.3) is 11.1 Å². The van der Waals surface area contributed by atoms with Crippen LogP contribution in [0.15, 0.2) is 66.2 Å². The fraction of sp³-hybridized carbons (Fsp3) is 0.167. The predicted molar refractivity (Wildman–Crippen MR) is 127 cm³/mol. The van der Waals surface area contributed by atoms with Gasteiger partial charge in [0.2, 0.25) is 0 Å². The number of nitrogens with zero attached hydrogens (tertiary/aromatic N) is 2. The van der Waals surface area contributed by atoms with E-state index in [9.17, 15) is 19.1 Å². The summed E-state index contributed by atoms with van der Waals surface area (Å²) in [6.07, 6.45) is 1.86. The molecule has 2 aromatic heterocycles. The molecule has 0 spiro atoms. The lowest BCUT2D eigenvalue weighted by Crippen LogP contribution is -2.38. The molecule has 1 amide bonds. The fourth-order valence-electron chi connectivity index (χ4n) is 3.70. The van der Waals surface area contributed by atoms with E-state index in [0.717, 1.165) is 5.56 Å². The van der Waals surface area contributed by atoms with Crippen molar-refractivity contribution >= 4 is 34.8 Å². The Morgan fingerprint density at radius 3 is 2.62 bits per heavy atom. The van der Waals surface area contributed by atoms with Crippen molar-refractivity contribution in [2.45, 2.75) is 24.8 Å². The molecule has 0 aliphatic carbocycles. The van der Waals surface area contributed by atoms with Crippen molar-refractivity contribution in [3.05, 3.63) is 93.1 Å². The van der Waals surface area contributed by atoms with Gasteiger partial charge in [-0.1, -0.05) is 47.1 Å². The molecule has 0 bridgehead atoms. The van der Waals surface area contributed by atoms with Crippen LogP contribution in [0.1, 0.15) is 33.3 Å². The lowest BCUT2D eigenvalue weighted by atomic mass is 9.93. The van der Waals surface area contributed by atoms with Crippen LogP contribution in [-0.2, 0) is 11.2 Å². The van der Waals surface area contributed by atoms with Gasteiger partial charge in [0.15, 0.2) is 0 Å². The van der Waals surface area contributed by atoms with E-state index in [1.807, 2.05) is 17.5 Å². The molecule has 10 heteroatoms. The number of amides is 1. The van der Waals surface area contributed by atoms with Crippen molar-refractivity contribution < 1.29 is 19.1 Å². The maximum atomic E-state index is 14.2. The van der Waals surface area contributed by atoms with Gasteiger partial charge in [-0.05, 0) is 53.6 Å². The summed E-state index contributed by atoms with van der Waals surface area (Å²) in [7, 11) is 0. The topological polar surface area (TPSA) is 108 Å². The minimum Gasteiger partial charge on any atom is -0.481 e. The molecule has 2 aromatic carbocycles. The fourth-order valence-corrected chi connectivity index (χ4v) is 4.71. The molecule has 34 heavy (non-hydrogen) atoms. The summed E-state index contributed by atoms with van der Waals surface area (Å²) in [5.41, 5.74) is 2.09. The highest BCUT2D eigenvalue weighted by atomic mass is 35.5. The van der Waals surface area contributed by atoms with Crippen molar-refractivity contribution in [3.63, 3.8) is 0 Å². The Morgan fingerprint density at radius 2 is 1.97 bits per heavy atom. The number of aromatic nitrogens is 3. The van der Waals surface area contributed by atoms with E-state index in [-0.39, 0.29) is 17.9 Å². The van der Waals surface area contributed by atoms with Gasteiger partial charge < -0.3 is 10.4 Å². The largest absolute Gasteiger partial charge is 0.481 e. The van der Waals surface area contributed by atoms with Gasteiger partial charge in [0, 0.05) is 21.5 Å². The zero-order chi connectivity index (χ0) is 24.1. The molecular weight excluding hydrogens is 479 g/mol. The predicted octanol–water partition coefficient (Wildman–Crippen LogP) is 4.93. The minimum absolute atomic E-state index is 0.180. The van der Waals surface area contributed by atoms with Gasteiger partial charge in [-0.25, -0.2) is 4.39 Å². The third kappa shape index (κ3) is 5.67. The quantitative estimate of drug-likeness (QED) is 0.303. The molecule has 174 valence electrons. The Kier molecular flexibility index (Phi) is 7.34.